The minimum Gasteiger partial charge on any atom is -0.324 e. The van der Waals surface area contributed by atoms with Gasteiger partial charge in [-0.2, -0.15) is 26.3 Å². The van der Waals surface area contributed by atoms with Crippen molar-refractivity contribution in [2.45, 2.75) is 12.4 Å². The summed E-state index contributed by atoms with van der Waals surface area (Å²) in [6.45, 7) is -1.11. The fraction of sp³-hybridized carbons (Fsp3) is 0.235. The van der Waals surface area contributed by atoms with Gasteiger partial charge in [0.2, 0.25) is 15.9 Å². The predicted octanol–water partition coefficient (Wildman–Crippen LogP) is 4.78. The summed E-state index contributed by atoms with van der Waals surface area (Å²) in [6, 6.07) is 5.80. The smallest absolute Gasteiger partial charge is 0.324 e. The molecule has 5 nitrogen and oxygen atoms in total. The molecule has 0 atom stereocenters. The van der Waals surface area contributed by atoms with Crippen molar-refractivity contribution in [3.05, 3.63) is 58.6 Å². The van der Waals surface area contributed by atoms with E-state index in [1.165, 1.54) is 6.07 Å². The van der Waals surface area contributed by atoms with Crippen LogP contribution in [0.3, 0.4) is 0 Å². The molecule has 0 saturated carbocycles. The van der Waals surface area contributed by atoms with Crippen LogP contribution < -0.4 is 9.62 Å². The highest BCUT2D eigenvalue weighted by Gasteiger charge is 2.35. The second-order valence-electron chi connectivity index (χ2n) is 6.03. The van der Waals surface area contributed by atoms with Crippen LogP contribution in [0.5, 0.6) is 0 Å². The molecule has 2 rings (SSSR count). The van der Waals surface area contributed by atoms with Gasteiger partial charge in [0.1, 0.15) is 6.54 Å². The van der Waals surface area contributed by atoms with Crippen LogP contribution in [0, 0.1) is 0 Å². The van der Waals surface area contributed by atoms with Gasteiger partial charge in [0, 0.05) is 0 Å². The molecule has 0 aliphatic rings. The van der Waals surface area contributed by atoms with Crippen molar-refractivity contribution >= 4 is 38.9 Å². The van der Waals surface area contributed by atoms with E-state index in [4.69, 9.17) is 11.6 Å². The number of benzene rings is 2. The summed E-state index contributed by atoms with van der Waals surface area (Å²) >= 11 is 5.82. The largest absolute Gasteiger partial charge is 0.418 e. The molecule has 30 heavy (non-hydrogen) atoms. The third-order valence-corrected chi connectivity index (χ3v) is 5.18. The van der Waals surface area contributed by atoms with E-state index in [2.05, 4.69) is 0 Å². The second kappa shape index (κ2) is 8.34. The van der Waals surface area contributed by atoms with Gasteiger partial charge in [-0.15, -0.1) is 0 Å². The molecule has 2 aromatic rings. The Labute approximate surface area is 172 Å². The van der Waals surface area contributed by atoms with E-state index in [1.807, 2.05) is 5.32 Å². The third kappa shape index (κ3) is 5.79. The molecule has 0 radical (unpaired) electrons. The third-order valence-electron chi connectivity index (χ3n) is 3.74. The van der Waals surface area contributed by atoms with Crippen molar-refractivity contribution in [1.29, 1.82) is 0 Å². The lowest BCUT2D eigenvalue weighted by Gasteiger charge is -2.24. The van der Waals surface area contributed by atoms with Crippen LogP contribution >= 0.6 is 11.6 Å². The first-order valence-corrected chi connectivity index (χ1v) is 10.1. The van der Waals surface area contributed by atoms with E-state index < -0.39 is 62.4 Å². The first-order chi connectivity index (χ1) is 13.6. The Bertz CT molecular complexity index is 1050. The average Bonchev–Trinajstić information content (AvgIpc) is 2.58. The number of halogens is 7. The SMILES string of the molecule is CS(=O)(=O)N(CC(=O)Nc1ccccc1C(F)(F)F)c1cc(C(F)(F)F)ccc1Cl. The van der Waals surface area contributed by atoms with Gasteiger partial charge in [-0.05, 0) is 30.3 Å². The summed E-state index contributed by atoms with van der Waals surface area (Å²) in [6.07, 6.45) is -9.01. The summed E-state index contributed by atoms with van der Waals surface area (Å²) in [5.74, 6) is -1.22. The molecule has 0 aliphatic heterocycles. The lowest BCUT2D eigenvalue weighted by molar-refractivity contribution is -0.138. The molecular formula is C17H13ClF6N2O3S. The van der Waals surface area contributed by atoms with Crippen molar-refractivity contribution in [2.24, 2.45) is 0 Å². The zero-order chi connectivity index (χ0) is 22.9. The Morgan fingerprint density at radius 3 is 2.17 bits per heavy atom. The number of hydrogen-bond acceptors (Lipinski definition) is 3. The summed E-state index contributed by atoms with van der Waals surface area (Å²) in [7, 11) is -4.33. The molecule has 0 saturated heterocycles. The summed E-state index contributed by atoms with van der Waals surface area (Å²) in [4.78, 5) is 12.3. The number of hydrogen-bond donors (Lipinski definition) is 1. The van der Waals surface area contributed by atoms with E-state index in [0.717, 1.165) is 18.2 Å². The Kier molecular flexibility index (Phi) is 6.62. The maximum Gasteiger partial charge on any atom is 0.418 e. The van der Waals surface area contributed by atoms with Crippen LogP contribution in [0.25, 0.3) is 0 Å². The molecule has 13 heteroatoms. The Morgan fingerprint density at radius 1 is 1.03 bits per heavy atom. The lowest BCUT2D eigenvalue weighted by atomic mass is 10.1. The van der Waals surface area contributed by atoms with E-state index in [0.29, 0.717) is 24.5 Å². The molecule has 1 amide bonds. The zero-order valence-corrected chi connectivity index (χ0v) is 16.5. The fourth-order valence-corrected chi connectivity index (χ4v) is 3.55. The van der Waals surface area contributed by atoms with Crippen LogP contribution in [0.1, 0.15) is 11.1 Å². The molecule has 0 heterocycles. The molecule has 164 valence electrons. The normalized spacial score (nSPS) is 12.5. The number of nitrogens with zero attached hydrogens (tertiary/aromatic N) is 1. The molecule has 0 spiro atoms. The van der Waals surface area contributed by atoms with Crippen molar-refractivity contribution in [2.75, 3.05) is 22.4 Å². The van der Waals surface area contributed by atoms with Crippen LogP contribution in [-0.4, -0.2) is 27.1 Å². The Hall–Kier alpha value is -2.47. The number of carbonyl (C=O) groups excluding carboxylic acids is 1. The van der Waals surface area contributed by atoms with Crippen molar-refractivity contribution in [3.8, 4) is 0 Å². The lowest BCUT2D eigenvalue weighted by Crippen LogP contribution is -2.38. The topological polar surface area (TPSA) is 66.5 Å². The maximum absolute atomic E-state index is 13.0. The Balaban J connectivity index is 2.40. The van der Waals surface area contributed by atoms with E-state index in [-0.39, 0.29) is 4.31 Å². The van der Waals surface area contributed by atoms with Gasteiger partial charge in [-0.25, -0.2) is 8.42 Å². The van der Waals surface area contributed by atoms with Gasteiger partial charge >= 0.3 is 12.4 Å². The number of nitrogens with one attached hydrogen (secondary N) is 1. The monoisotopic (exact) mass is 474 g/mol. The van der Waals surface area contributed by atoms with E-state index >= 15 is 0 Å². The molecule has 0 bridgehead atoms. The minimum atomic E-state index is -4.82. The first-order valence-electron chi connectivity index (χ1n) is 7.91. The Morgan fingerprint density at radius 2 is 1.63 bits per heavy atom. The predicted molar refractivity (Wildman–Crippen MR) is 98.7 cm³/mol. The van der Waals surface area contributed by atoms with Gasteiger partial charge in [-0.1, -0.05) is 23.7 Å². The number of amides is 1. The second-order valence-corrected chi connectivity index (χ2v) is 8.34. The van der Waals surface area contributed by atoms with Crippen LogP contribution in [0.2, 0.25) is 5.02 Å². The van der Waals surface area contributed by atoms with E-state index in [9.17, 15) is 39.6 Å². The number of sulfonamides is 1. The molecule has 1 N–H and O–H groups in total. The van der Waals surface area contributed by atoms with Crippen LogP contribution in [0.4, 0.5) is 37.7 Å². The van der Waals surface area contributed by atoms with Gasteiger partial charge in [-0.3, -0.25) is 9.10 Å². The average molecular weight is 475 g/mol. The highest BCUT2D eigenvalue weighted by atomic mass is 35.5. The quantitative estimate of drug-likeness (QED) is 0.634. The standard InChI is InChI=1S/C17H13ClF6N2O3S/c1-30(28,29)26(14-8-10(16(19,20)21)6-7-12(14)18)9-15(27)25-13-5-3-2-4-11(13)17(22,23)24/h2-8H,9H2,1H3,(H,25,27). The number of rotatable bonds is 5. The number of para-hydroxylation sites is 1. The van der Waals surface area contributed by atoms with Gasteiger partial charge in [0.15, 0.2) is 0 Å². The molecule has 2 aromatic carbocycles. The van der Waals surface area contributed by atoms with Crippen molar-refractivity contribution < 1.29 is 39.6 Å². The number of anilines is 2. The van der Waals surface area contributed by atoms with E-state index in [1.54, 1.807) is 0 Å². The van der Waals surface area contributed by atoms with Gasteiger partial charge in [0.05, 0.1) is 33.8 Å². The summed E-state index contributed by atoms with van der Waals surface area (Å²) in [5.41, 5.74) is -3.69. The number of alkyl halides is 6. The highest BCUT2D eigenvalue weighted by molar-refractivity contribution is 7.92. The fourth-order valence-electron chi connectivity index (χ4n) is 2.42. The van der Waals surface area contributed by atoms with Crippen molar-refractivity contribution in [3.63, 3.8) is 0 Å². The van der Waals surface area contributed by atoms with Crippen LogP contribution in [-0.2, 0) is 27.2 Å². The maximum atomic E-state index is 13.0. The summed E-state index contributed by atoms with van der Waals surface area (Å²) in [5, 5.41) is 1.52. The summed E-state index contributed by atoms with van der Waals surface area (Å²) < 4.78 is 102. The molecule has 0 aromatic heterocycles. The minimum absolute atomic E-state index is 0.274. The van der Waals surface area contributed by atoms with Gasteiger partial charge in [0.25, 0.3) is 0 Å². The molecule has 0 unspecified atom stereocenters. The van der Waals surface area contributed by atoms with Crippen LogP contribution in [0.15, 0.2) is 42.5 Å². The zero-order valence-electron chi connectivity index (χ0n) is 15.0. The highest BCUT2D eigenvalue weighted by Crippen LogP contribution is 2.37. The number of carbonyl (C=O) groups is 1. The van der Waals surface area contributed by atoms with Crippen molar-refractivity contribution in [1.82, 2.24) is 0 Å². The molecule has 0 aliphatic carbocycles. The molecule has 0 fully saturated rings. The van der Waals surface area contributed by atoms with Gasteiger partial charge < -0.3 is 5.32 Å². The first kappa shape index (κ1) is 23.8. The molecular weight excluding hydrogens is 462 g/mol.